The molecule has 0 radical (unpaired) electrons. The molecule has 0 saturated carbocycles. The lowest BCUT2D eigenvalue weighted by atomic mass is 10.1. The third-order valence-corrected chi connectivity index (χ3v) is 4.76. The Morgan fingerprint density at radius 3 is 2.68 bits per heavy atom. The number of piperazine rings is 1. The molecular formula is C16H17FN2O3. The number of hydrogen-bond acceptors (Lipinski definition) is 3. The van der Waals surface area contributed by atoms with Gasteiger partial charge in [-0.2, -0.15) is 0 Å². The van der Waals surface area contributed by atoms with E-state index in [0.29, 0.717) is 31.0 Å². The molecule has 1 aromatic rings. The van der Waals surface area contributed by atoms with Crippen LogP contribution in [0.3, 0.4) is 0 Å². The van der Waals surface area contributed by atoms with Crippen molar-refractivity contribution in [2.75, 3.05) is 24.6 Å². The average Bonchev–Trinajstić information content (AvgIpc) is 2.78. The lowest BCUT2D eigenvalue weighted by molar-refractivity contribution is 0.115. The minimum absolute atomic E-state index is 0.00356. The summed E-state index contributed by atoms with van der Waals surface area (Å²) in [5, 5.41) is 9.30. The Morgan fingerprint density at radius 1 is 1.27 bits per heavy atom. The lowest BCUT2D eigenvalue weighted by Crippen LogP contribution is -2.55. The zero-order valence-electron chi connectivity index (χ0n) is 12.0. The van der Waals surface area contributed by atoms with Gasteiger partial charge in [0, 0.05) is 24.8 Å². The van der Waals surface area contributed by atoms with E-state index in [-0.39, 0.29) is 17.9 Å². The first-order valence-corrected chi connectivity index (χ1v) is 7.52. The van der Waals surface area contributed by atoms with Crippen LogP contribution >= 0.6 is 0 Å². The monoisotopic (exact) mass is 304 g/mol. The highest BCUT2D eigenvalue weighted by Gasteiger charge is 2.42. The Labute approximate surface area is 127 Å². The van der Waals surface area contributed by atoms with Crippen molar-refractivity contribution in [1.82, 2.24) is 4.90 Å². The smallest absolute Gasteiger partial charge is 0.407 e. The highest BCUT2D eigenvalue weighted by Crippen LogP contribution is 2.36. The van der Waals surface area contributed by atoms with E-state index < -0.39 is 6.09 Å². The van der Waals surface area contributed by atoms with Crippen molar-refractivity contribution in [2.45, 2.75) is 24.9 Å². The molecular weight excluding hydrogens is 287 g/mol. The molecule has 4 rings (SSSR count). The molecule has 2 saturated heterocycles. The minimum Gasteiger partial charge on any atom is -0.489 e. The van der Waals surface area contributed by atoms with Crippen LogP contribution < -0.4 is 9.64 Å². The Morgan fingerprint density at radius 2 is 2.00 bits per heavy atom. The number of ether oxygens (including phenoxy) is 1. The first-order chi connectivity index (χ1) is 10.6. The largest absolute Gasteiger partial charge is 0.489 e. The fraction of sp³-hybridized carbons (Fsp3) is 0.438. The van der Waals surface area contributed by atoms with E-state index in [2.05, 4.69) is 4.90 Å². The summed E-state index contributed by atoms with van der Waals surface area (Å²) in [4.78, 5) is 15.0. The van der Waals surface area contributed by atoms with Crippen LogP contribution in [0.4, 0.5) is 14.9 Å². The Kier molecular flexibility index (Phi) is 2.99. The van der Waals surface area contributed by atoms with Gasteiger partial charge in [-0.25, -0.2) is 9.18 Å². The van der Waals surface area contributed by atoms with Gasteiger partial charge in [-0.05, 0) is 31.1 Å². The third-order valence-electron chi connectivity index (χ3n) is 4.76. The Balaban J connectivity index is 1.63. The van der Waals surface area contributed by atoms with Crippen molar-refractivity contribution in [2.24, 2.45) is 0 Å². The number of carboxylic acid groups (broad SMARTS) is 1. The molecule has 22 heavy (non-hydrogen) atoms. The maximum absolute atomic E-state index is 14.2. The number of fused-ring (bicyclic) bond motifs is 3. The van der Waals surface area contributed by atoms with Crippen molar-refractivity contribution in [3.05, 3.63) is 29.6 Å². The van der Waals surface area contributed by atoms with Gasteiger partial charge in [0.15, 0.2) is 0 Å². The van der Waals surface area contributed by atoms with Crippen LogP contribution in [0.25, 0.3) is 6.08 Å². The topological polar surface area (TPSA) is 53.0 Å². The number of hydrogen-bond donors (Lipinski definition) is 1. The van der Waals surface area contributed by atoms with Crippen molar-refractivity contribution < 1.29 is 19.0 Å². The number of anilines is 1. The second kappa shape index (κ2) is 4.90. The molecule has 3 heterocycles. The highest BCUT2D eigenvalue weighted by atomic mass is 19.1. The number of rotatable bonds is 1. The summed E-state index contributed by atoms with van der Waals surface area (Å²) in [7, 11) is 0. The van der Waals surface area contributed by atoms with Gasteiger partial charge in [0.25, 0.3) is 0 Å². The van der Waals surface area contributed by atoms with E-state index in [0.717, 1.165) is 18.5 Å². The summed E-state index contributed by atoms with van der Waals surface area (Å²) in [5.74, 6) is 0.266. The maximum Gasteiger partial charge on any atom is 0.407 e. The van der Waals surface area contributed by atoms with Gasteiger partial charge in [-0.3, -0.25) is 4.90 Å². The number of carbonyl (C=O) groups is 1. The summed E-state index contributed by atoms with van der Waals surface area (Å²) in [6.07, 6.45) is 4.43. The van der Waals surface area contributed by atoms with Crippen molar-refractivity contribution in [1.29, 1.82) is 0 Å². The van der Waals surface area contributed by atoms with Crippen LogP contribution in [0.15, 0.2) is 18.2 Å². The van der Waals surface area contributed by atoms with Crippen LogP contribution in [0, 0.1) is 5.82 Å². The van der Waals surface area contributed by atoms with Crippen molar-refractivity contribution >= 4 is 17.9 Å². The molecule has 2 unspecified atom stereocenters. The zero-order valence-corrected chi connectivity index (χ0v) is 12.0. The van der Waals surface area contributed by atoms with E-state index in [1.54, 1.807) is 17.1 Å². The second-order valence-corrected chi connectivity index (χ2v) is 6.03. The summed E-state index contributed by atoms with van der Waals surface area (Å²) >= 11 is 0. The fourth-order valence-electron chi connectivity index (χ4n) is 3.77. The molecule has 1 N–H and O–H groups in total. The molecule has 1 aromatic carbocycles. The van der Waals surface area contributed by atoms with Gasteiger partial charge in [-0.15, -0.1) is 0 Å². The molecule has 5 nitrogen and oxygen atoms in total. The average molecular weight is 304 g/mol. The zero-order chi connectivity index (χ0) is 15.3. The SMILES string of the molecule is O=C(O)N1C2CCC1CN(c1cc(F)c3c(c1)OCC=C3)C2. The number of benzene rings is 1. The summed E-state index contributed by atoms with van der Waals surface area (Å²) < 4.78 is 19.7. The number of nitrogens with zero attached hydrogens (tertiary/aromatic N) is 2. The van der Waals surface area contributed by atoms with E-state index in [9.17, 15) is 14.3 Å². The van der Waals surface area contributed by atoms with E-state index >= 15 is 0 Å². The van der Waals surface area contributed by atoms with Crippen LogP contribution in [0.5, 0.6) is 5.75 Å². The lowest BCUT2D eigenvalue weighted by Gasteiger charge is -2.40. The second-order valence-electron chi connectivity index (χ2n) is 6.03. The first-order valence-electron chi connectivity index (χ1n) is 7.52. The summed E-state index contributed by atoms with van der Waals surface area (Å²) in [5.41, 5.74) is 1.26. The van der Waals surface area contributed by atoms with E-state index in [1.807, 2.05) is 6.07 Å². The maximum atomic E-state index is 14.2. The van der Waals surface area contributed by atoms with Crippen LogP contribution in [-0.2, 0) is 0 Å². The predicted octanol–water partition coefficient (Wildman–Crippen LogP) is 2.56. The third kappa shape index (κ3) is 2.01. The van der Waals surface area contributed by atoms with E-state index in [1.165, 1.54) is 6.07 Å². The van der Waals surface area contributed by atoms with Crippen molar-refractivity contribution in [3.8, 4) is 5.75 Å². The molecule has 0 aliphatic carbocycles. The molecule has 0 aromatic heterocycles. The molecule has 6 heteroatoms. The quantitative estimate of drug-likeness (QED) is 0.866. The van der Waals surface area contributed by atoms with Crippen LogP contribution in [-0.4, -0.2) is 47.9 Å². The van der Waals surface area contributed by atoms with Gasteiger partial charge in [0.1, 0.15) is 18.2 Å². The minimum atomic E-state index is -0.850. The summed E-state index contributed by atoms with van der Waals surface area (Å²) in [6, 6.07) is 3.37. The fourth-order valence-corrected chi connectivity index (χ4v) is 3.77. The van der Waals surface area contributed by atoms with Crippen LogP contribution in [0.2, 0.25) is 0 Å². The molecule has 3 aliphatic rings. The first kappa shape index (κ1) is 13.4. The van der Waals surface area contributed by atoms with Gasteiger partial charge in [0.2, 0.25) is 0 Å². The summed E-state index contributed by atoms with van der Waals surface area (Å²) in [6.45, 7) is 1.67. The molecule has 1 amide bonds. The molecule has 2 fully saturated rings. The molecule has 0 spiro atoms. The standard InChI is InChI=1S/C16H17FN2O3/c17-14-6-12(7-15-13(14)2-1-5-22-15)18-8-10-3-4-11(9-18)19(10)16(20)21/h1-2,6-7,10-11H,3-5,8-9H2,(H,20,21). The Hall–Kier alpha value is -2.24. The van der Waals surface area contributed by atoms with Gasteiger partial charge < -0.3 is 14.7 Å². The van der Waals surface area contributed by atoms with Crippen LogP contribution in [0.1, 0.15) is 18.4 Å². The number of halogens is 1. The molecule has 116 valence electrons. The van der Waals surface area contributed by atoms with E-state index in [4.69, 9.17) is 4.74 Å². The highest BCUT2D eigenvalue weighted by molar-refractivity contribution is 5.69. The molecule has 3 aliphatic heterocycles. The van der Waals surface area contributed by atoms with Crippen molar-refractivity contribution in [3.63, 3.8) is 0 Å². The Bertz CT molecular complexity index is 647. The van der Waals surface area contributed by atoms with Gasteiger partial charge in [0.05, 0.1) is 17.6 Å². The molecule has 2 atom stereocenters. The normalized spacial score (nSPS) is 25.9. The number of amides is 1. The predicted molar refractivity (Wildman–Crippen MR) is 79.8 cm³/mol. The van der Waals surface area contributed by atoms with Gasteiger partial charge in [-0.1, -0.05) is 0 Å². The molecule has 2 bridgehead atoms. The van der Waals surface area contributed by atoms with Gasteiger partial charge >= 0.3 is 6.09 Å².